The summed E-state index contributed by atoms with van der Waals surface area (Å²) in [5.74, 6) is -0.734. The third-order valence-electron chi connectivity index (χ3n) is 5.59. The summed E-state index contributed by atoms with van der Waals surface area (Å²) in [6, 6.07) is 17.7. The maximum Gasteiger partial charge on any atom is 0.286 e. The zero-order chi connectivity index (χ0) is 24.9. The van der Waals surface area contributed by atoms with E-state index in [1.165, 1.54) is 28.8 Å². The number of benzene rings is 3. The Morgan fingerprint density at radius 1 is 1.09 bits per heavy atom. The minimum Gasteiger partial charge on any atom is -0.506 e. The normalized spacial score (nSPS) is 14.0. The molecule has 174 valence electrons. The zero-order valence-corrected chi connectivity index (χ0v) is 20.0. The first-order chi connectivity index (χ1) is 16.7. The molecule has 4 aromatic rings. The second-order valence-corrected chi connectivity index (χ2v) is 10.1. The van der Waals surface area contributed by atoms with Crippen molar-refractivity contribution in [2.45, 2.75) is 11.4 Å². The largest absolute Gasteiger partial charge is 0.506 e. The van der Waals surface area contributed by atoms with Crippen LogP contribution in [0.2, 0.25) is 10.0 Å². The van der Waals surface area contributed by atoms with Gasteiger partial charge in [0.25, 0.3) is 15.6 Å². The number of hydrogen-bond acceptors (Lipinski definition) is 6. The minimum atomic E-state index is -4.13. The van der Waals surface area contributed by atoms with E-state index in [0.717, 1.165) is 0 Å². The van der Waals surface area contributed by atoms with Crippen molar-refractivity contribution in [2.75, 3.05) is 5.32 Å². The highest BCUT2D eigenvalue weighted by molar-refractivity contribution is 7.90. The number of fused-ring (bicyclic) bond motifs is 2. The second-order valence-electron chi connectivity index (χ2n) is 7.70. The van der Waals surface area contributed by atoms with E-state index < -0.39 is 21.3 Å². The zero-order valence-electron chi connectivity index (χ0n) is 17.7. The molecular weight excluding hydrogens is 511 g/mol. The molecule has 1 aliphatic heterocycles. The first kappa shape index (κ1) is 22.9. The number of nitrogens with zero attached hydrogens (tertiary/aromatic N) is 3. The quantitative estimate of drug-likeness (QED) is 0.406. The summed E-state index contributed by atoms with van der Waals surface area (Å²) < 4.78 is 30.7. The maximum atomic E-state index is 13.7. The van der Waals surface area contributed by atoms with E-state index >= 15 is 0 Å². The van der Waals surface area contributed by atoms with Gasteiger partial charge in [0.1, 0.15) is 22.3 Å². The van der Waals surface area contributed by atoms with Gasteiger partial charge in [-0.05, 0) is 42.0 Å². The van der Waals surface area contributed by atoms with E-state index in [1.54, 1.807) is 36.4 Å². The fourth-order valence-electron chi connectivity index (χ4n) is 4.03. The number of sulfonamides is 1. The molecule has 0 aliphatic carbocycles. The van der Waals surface area contributed by atoms with Crippen LogP contribution in [0.5, 0.6) is 5.75 Å². The smallest absolute Gasteiger partial charge is 0.286 e. The molecule has 11 heteroatoms. The second kappa shape index (κ2) is 8.43. The van der Waals surface area contributed by atoms with Gasteiger partial charge in [0.05, 0.1) is 28.3 Å². The van der Waals surface area contributed by atoms with Crippen LogP contribution in [-0.2, 0) is 16.6 Å². The molecule has 1 aliphatic rings. The van der Waals surface area contributed by atoms with Gasteiger partial charge in [-0.1, -0.05) is 47.5 Å². The van der Waals surface area contributed by atoms with Crippen LogP contribution in [0.15, 0.2) is 74.8 Å². The van der Waals surface area contributed by atoms with Crippen LogP contribution in [0.1, 0.15) is 16.7 Å². The Kier molecular flexibility index (Phi) is 5.52. The Bertz CT molecular complexity index is 1790. The van der Waals surface area contributed by atoms with Gasteiger partial charge in [-0.15, -0.1) is 4.40 Å². The van der Waals surface area contributed by atoms with Gasteiger partial charge in [0.15, 0.2) is 5.84 Å². The highest BCUT2D eigenvalue weighted by Crippen LogP contribution is 2.33. The Morgan fingerprint density at radius 3 is 2.57 bits per heavy atom. The number of halogens is 2. The van der Waals surface area contributed by atoms with E-state index in [0.29, 0.717) is 11.1 Å². The molecule has 0 bridgehead atoms. The summed E-state index contributed by atoms with van der Waals surface area (Å²) in [5.41, 5.74) is 0.0648. The van der Waals surface area contributed by atoms with Gasteiger partial charge in [0, 0.05) is 10.4 Å². The Labute approximate surface area is 209 Å². The molecular formula is C24H14Cl2N4O4S. The van der Waals surface area contributed by atoms with E-state index in [-0.39, 0.29) is 49.5 Å². The maximum absolute atomic E-state index is 13.7. The fraction of sp³-hybridized carbons (Fsp3) is 0.0417. The molecule has 8 nitrogen and oxygen atoms in total. The Balaban J connectivity index is 1.79. The Morgan fingerprint density at radius 2 is 1.80 bits per heavy atom. The number of rotatable bonds is 3. The molecule has 2 heterocycles. The number of aromatic nitrogens is 1. The predicted molar refractivity (Wildman–Crippen MR) is 134 cm³/mol. The average molecular weight is 525 g/mol. The number of pyridine rings is 1. The number of nitrogens with one attached hydrogen (secondary N) is 1. The molecule has 2 N–H and O–H groups in total. The summed E-state index contributed by atoms with van der Waals surface area (Å²) in [6.45, 7) is -0.119. The van der Waals surface area contributed by atoms with E-state index in [1.807, 2.05) is 6.07 Å². The van der Waals surface area contributed by atoms with E-state index in [4.69, 9.17) is 23.2 Å². The predicted octanol–water partition coefficient (Wildman–Crippen LogP) is 4.49. The summed E-state index contributed by atoms with van der Waals surface area (Å²) in [6.07, 6.45) is 0. The fourth-order valence-corrected chi connectivity index (χ4v) is 5.73. The van der Waals surface area contributed by atoms with Gasteiger partial charge < -0.3 is 15.0 Å². The van der Waals surface area contributed by atoms with Crippen LogP contribution in [0.3, 0.4) is 0 Å². The highest BCUT2D eigenvalue weighted by atomic mass is 35.5. The topological polar surface area (TPSA) is 125 Å². The third kappa shape index (κ3) is 3.82. The highest BCUT2D eigenvalue weighted by Gasteiger charge is 2.29. The number of anilines is 1. The molecule has 0 amide bonds. The van der Waals surface area contributed by atoms with Crippen molar-refractivity contribution in [1.82, 2.24) is 4.57 Å². The first-order valence-corrected chi connectivity index (χ1v) is 12.3. The van der Waals surface area contributed by atoms with Gasteiger partial charge >= 0.3 is 0 Å². The first-order valence-electron chi connectivity index (χ1n) is 10.1. The van der Waals surface area contributed by atoms with Crippen LogP contribution in [0, 0.1) is 11.3 Å². The SMILES string of the molecule is N#Cc1c(Cl)cc(Cl)cc1Cn1c(=O)c(C2=NS(=O)(=O)c3ccccc3N2)c(O)c2ccccc21. The third-order valence-corrected chi connectivity index (χ3v) is 7.44. The lowest BCUT2D eigenvalue weighted by molar-refractivity contribution is 0.478. The van der Waals surface area contributed by atoms with Gasteiger partial charge in [-0.2, -0.15) is 13.7 Å². The standard InChI is InChI=1S/C24H14Cl2N4O4S/c25-14-9-13(16(11-27)17(26)10-14)12-30-19-7-3-1-5-15(19)22(31)21(24(30)32)23-28-18-6-2-4-8-20(18)35(33,34)29-23/h1-10,31H,12H2,(H,28,29). The number of para-hydroxylation sites is 2. The number of aromatic hydroxyl groups is 1. The lowest BCUT2D eigenvalue weighted by Crippen LogP contribution is -2.33. The van der Waals surface area contributed by atoms with Crippen LogP contribution in [0.4, 0.5) is 5.69 Å². The van der Waals surface area contributed by atoms with Crippen molar-refractivity contribution in [1.29, 1.82) is 5.26 Å². The molecule has 35 heavy (non-hydrogen) atoms. The molecule has 0 saturated carbocycles. The van der Waals surface area contributed by atoms with Crippen molar-refractivity contribution in [3.05, 3.63) is 97.8 Å². The average Bonchev–Trinajstić information content (AvgIpc) is 2.81. The van der Waals surface area contributed by atoms with Crippen molar-refractivity contribution < 1.29 is 13.5 Å². The summed E-state index contributed by atoms with van der Waals surface area (Å²) >= 11 is 12.3. The molecule has 0 fully saturated rings. The Hall–Kier alpha value is -3.84. The van der Waals surface area contributed by atoms with Crippen LogP contribution in [-0.4, -0.2) is 23.9 Å². The van der Waals surface area contributed by atoms with Gasteiger partial charge in [0.2, 0.25) is 0 Å². The lowest BCUT2D eigenvalue weighted by Gasteiger charge is -2.21. The molecule has 0 radical (unpaired) electrons. The van der Waals surface area contributed by atoms with E-state index in [2.05, 4.69) is 9.71 Å². The molecule has 3 aromatic carbocycles. The minimum absolute atomic E-state index is 0.0448. The molecule has 0 saturated heterocycles. The van der Waals surface area contributed by atoms with E-state index in [9.17, 15) is 23.6 Å². The number of nitriles is 1. The molecule has 0 atom stereocenters. The molecule has 0 unspecified atom stereocenters. The molecule has 1 aromatic heterocycles. The molecule has 5 rings (SSSR count). The number of hydrogen-bond donors (Lipinski definition) is 2. The monoisotopic (exact) mass is 524 g/mol. The van der Waals surface area contributed by atoms with Gasteiger partial charge in [-0.3, -0.25) is 4.79 Å². The lowest BCUT2D eigenvalue weighted by atomic mass is 10.1. The van der Waals surface area contributed by atoms with Crippen LogP contribution in [0.25, 0.3) is 10.9 Å². The summed E-state index contributed by atoms with van der Waals surface area (Å²) in [5, 5.41) is 24.2. The van der Waals surface area contributed by atoms with Crippen LogP contribution >= 0.6 is 23.2 Å². The van der Waals surface area contributed by atoms with Crippen LogP contribution < -0.4 is 10.9 Å². The van der Waals surface area contributed by atoms with Crippen molar-refractivity contribution in [3.8, 4) is 11.8 Å². The molecule has 0 spiro atoms. The number of amidine groups is 1. The summed E-state index contributed by atoms with van der Waals surface area (Å²) in [4.78, 5) is 13.7. The van der Waals surface area contributed by atoms with Crippen molar-refractivity contribution in [3.63, 3.8) is 0 Å². The summed E-state index contributed by atoms with van der Waals surface area (Å²) in [7, 11) is -4.13. The van der Waals surface area contributed by atoms with Crippen molar-refractivity contribution >= 4 is 55.7 Å². The van der Waals surface area contributed by atoms with Gasteiger partial charge in [-0.25, -0.2) is 0 Å². The van der Waals surface area contributed by atoms with Crippen molar-refractivity contribution in [2.24, 2.45) is 4.40 Å².